The molecule has 0 bridgehead atoms. The van der Waals surface area contributed by atoms with Gasteiger partial charge in [-0.2, -0.15) is 0 Å². The molecular weight excluding hydrogens is 254 g/mol. The van der Waals surface area contributed by atoms with E-state index in [9.17, 15) is 4.79 Å². The van der Waals surface area contributed by atoms with Crippen LogP contribution in [0, 0.1) is 0 Å². The van der Waals surface area contributed by atoms with Crippen LogP contribution in [0.1, 0.15) is 18.4 Å². The molecule has 2 rings (SSSR count). The van der Waals surface area contributed by atoms with Crippen molar-refractivity contribution in [3.05, 3.63) is 48.6 Å². The highest BCUT2D eigenvalue weighted by Gasteiger charge is 2.23. The van der Waals surface area contributed by atoms with E-state index >= 15 is 0 Å². The van der Waals surface area contributed by atoms with Crippen molar-refractivity contribution in [2.75, 3.05) is 19.7 Å². The maximum atomic E-state index is 11.7. The first-order chi connectivity index (χ1) is 9.79. The average Bonchev–Trinajstić information content (AvgIpc) is 2.52. The van der Waals surface area contributed by atoms with Crippen LogP contribution in [-0.2, 0) is 16.1 Å². The largest absolute Gasteiger partial charge is 0.445 e. The predicted molar refractivity (Wildman–Crippen MR) is 77.4 cm³/mol. The molecule has 1 saturated heterocycles. The number of carbonyl (C=O) groups is 1. The third-order valence-corrected chi connectivity index (χ3v) is 3.35. The van der Waals surface area contributed by atoms with Gasteiger partial charge in [-0.15, -0.1) is 0 Å². The van der Waals surface area contributed by atoms with Crippen molar-refractivity contribution in [3.63, 3.8) is 0 Å². The molecule has 1 fully saturated rings. The van der Waals surface area contributed by atoms with E-state index in [4.69, 9.17) is 9.47 Å². The maximum Gasteiger partial charge on any atom is 0.410 e. The quantitative estimate of drug-likeness (QED) is 0.775. The van der Waals surface area contributed by atoms with Gasteiger partial charge < -0.3 is 14.4 Å². The van der Waals surface area contributed by atoms with Crippen LogP contribution in [0.25, 0.3) is 0 Å². The van der Waals surface area contributed by atoms with Crippen molar-refractivity contribution in [2.24, 2.45) is 0 Å². The summed E-state index contributed by atoms with van der Waals surface area (Å²) in [4.78, 5) is 13.4. The number of hydrogen-bond donors (Lipinski definition) is 0. The normalized spacial score (nSPS) is 15.9. The Morgan fingerprint density at radius 2 is 2.00 bits per heavy atom. The van der Waals surface area contributed by atoms with Crippen LogP contribution < -0.4 is 0 Å². The second-order valence-corrected chi connectivity index (χ2v) is 4.85. The summed E-state index contributed by atoms with van der Waals surface area (Å²) in [6, 6.07) is 10.1. The Morgan fingerprint density at radius 1 is 1.30 bits per heavy atom. The van der Waals surface area contributed by atoms with E-state index in [2.05, 4.69) is 18.7 Å². The van der Waals surface area contributed by atoms with E-state index in [1.54, 1.807) is 11.0 Å². The fourth-order valence-electron chi connectivity index (χ4n) is 2.21. The van der Waals surface area contributed by atoms with Crippen molar-refractivity contribution < 1.29 is 14.3 Å². The van der Waals surface area contributed by atoms with Gasteiger partial charge in [-0.05, 0) is 18.4 Å². The van der Waals surface area contributed by atoms with E-state index in [0.717, 1.165) is 12.8 Å². The molecule has 4 heteroatoms. The molecule has 20 heavy (non-hydrogen) atoms. The lowest BCUT2D eigenvalue weighted by Crippen LogP contribution is -2.41. The summed E-state index contributed by atoms with van der Waals surface area (Å²) in [5, 5.41) is 0. The molecule has 1 aromatic carbocycles. The first kappa shape index (κ1) is 14.6. The lowest BCUT2D eigenvalue weighted by atomic mass is 10.1. The van der Waals surface area contributed by atoms with Crippen molar-refractivity contribution in [1.82, 2.24) is 4.90 Å². The zero-order valence-corrected chi connectivity index (χ0v) is 11.7. The average molecular weight is 275 g/mol. The molecule has 0 aromatic heterocycles. The molecule has 1 aliphatic heterocycles. The lowest BCUT2D eigenvalue weighted by molar-refractivity contribution is -0.00231. The van der Waals surface area contributed by atoms with Gasteiger partial charge in [-0.25, -0.2) is 4.79 Å². The van der Waals surface area contributed by atoms with Crippen molar-refractivity contribution in [2.45, 2.75) is 25.6 Å². The van der Waals surface area contributed by atoms with Gasteiger partial charge in [-0.1, -0.05) is 43.0 Å². The highest BCUT2D eigenvalue weighted by atomic mass is 16.6. The summed E-state index contributed by atoms with van der Waals surface area (Å²) in [6.45, 7) is 5.81. The molecule has 0 radical (unpaired) electrons. The van der Waals surface area contributed by atoms with Crippen LogP contribution in [0.4, 0.5) is 4.79 Å². The molecule has 1 heterocycles. The molecule has 0 saturated carbocycles. The van der Waals surface area contributed by atoms with Gasteiger partial charge in [0.25, 0.3) is 0 Å². The van der Waals surface area contributed by atoms with E-state index in [0.29, 0.717) is 19.7 Å². The Hall–Kier alpha value is -1.81. The van der Waals surface area contributed by atoms with Gasteiger partial charge in [0.05, 0.1) is 12.7 Å². The number of carbonyl (C=O) groups excluding carboxylic acids is 1. The van der Waals surface area contributed by atoms with Crippen LogP contribution in [0.5, 0.6) is 0 Å². The number of nitrogens with zero attached hydrogens (tertiary/aromatic N) is 1. The van der Waals surface area contributed by atoms with Gasteiger partial charge in [0.1, 0.15) is 6.61 Å². The van der Waals surface area contributed by atoms with Crippen LogP contribution in [0.15, 0.2) is 43.0 Å². The highest BCUT2D eigenvalue weighted by molar-refractivity contribution is 5.67. The van der Waals surface area contributed by atoms with E-state index in [-0.39, 0.29) is 18.8 Å². The zero-order chi connectivity index (χ0) is 14.2. The Kier molecular flexibility index (Phi) is 5.62. The Bertz CT molecular complexity index is 425. The fourth-order valence-corrected chi connectivity index (χ4v) is 2.21. The standard InChI is InChI=1S/C16H21NO3/c1-2-12-19-16(18)17-10-8-15(9-11-17)20-13-14-6-4-3-5-7-14/h2-7,15H,1,8-13H2. The topological polar surface area (TPSA) is 38.8 Å². The molecule has 4 nitrogen and oxygen atoms in total. The van der Waals surface area contributed by atoms with Crippen molar-refractivity contribution in [1.29, 1.82) is 0 Å². The highest BCUT2D eigenvalue weighted by Crippen LogP contribution is 2.16. The van der Waals surface area contributed by atoms with Crippen molar-refractivity contribution >= 4 is 6.09 Å². The number of benzene rings is 1. The molecule has 1 aliphatic rings. The molecule has 1 amide bonds. The van der Waals surface area contributed by atoms with E-state index in [1.165, 1.54) is 5.56 Å². The first-order valence-corrected chi connectivity index (χ1v) is 6.97. The molecule has 0 spiro atoms. The second kappa shape index (κ2) is 7.70. The minimum absolute atomic E-state index is 0.221. The minimum atomic E-state index is -0.258. The fraction of sp³-hybridized carbons (Fsp3) is 0.438. The molecule has 0 unspecified atom stereocenters. The molecule has 0 aliphatic carbocycles. The van der Waals surface area contributed by atoms with Gasteiger partial charge in [-0.3, -0.25) is 0 Å². The lowest BCUT2D eigenvalue weighted by Gasteiger charge is -2.31. The summed E-state index contributed by atoms with van der Waals surface area (Å²) >= 11 is 0. The number of likely N-dealkylation sites (tertiary alicyclic amines) is 1. The van der Waals surface area contributed by atoms with E-state index in [1.807, 2.05) is 18.2 Å². The van der Waals surface area contributed by atoms with Gasteiger partial charge >= 0.3 is 6.09 Å². The first-order valence-electron chi connectivity index (χ1n) is 6.97. The summed E-state index contributed by atoms with van der Waals surface area (Å²) < 4.78 is 10.9. The SMILES string of the molecule is C=CCOC(=O)N1CCC(OCc2ccccc2)CC1. The summed E-state index contributed by atoms with van der Waals surface area (Å²) in [7, 11) is 0. The summed E-state index contributed by atoms with van der Waals surface area (Å²) in [5.74, 6) is 0. The number of ether oxygens (including phenoxy) is 2. The van der Waals surface area contributed by atoms with Crippen molar-refractivity contribution in [3.8, 4) is 0 Å². The molecule has 1 aromatic rings. The summed E-state index contributed by atoms with van der Waals surface area (Å²) in [5.41, 5.74) is 1.18. The second-order valence-electron chi connectivity index (χ2n) is 4.85. The van der Waals surface area contributed by atoms with Crippen LogP contribution in [0.3, 0.4) is 0 Å². The Morgan fingerprint density at radius 3 is 2.65 bits per heavy atom. The smallest absolute Gasteiger partial charge is 0.410 e. The molecular formula is C16H21NO3. The van der Waals surface area contributed by atoms with Crippen LogP contribution in [-0.4, -0.2) is 36.8 Å². The molecule has 108 valence electrons. The van der Waals surface area contributed by atoms with Crippen LogP contribution in [0.2, 0.25) is 0 Å². The van der Waals surface area contributed by atoms with Gasteiger partial charge in [0, 0.05) is 13.1 Å². The van der Waals surface area contributed by atoms with Gasteiger partial charge in [0.2, 0.25) is 0 Å². The third kappa shape index (κ3) is 4.38. The monoisotopic (exact) mass is 275 g/mol. The number of hydrogen-bond acceptors (Lipinski definition) is 3. The van der Waals surface area contributed by atoms with Crippen LogP contribution >= 0.6 is 0 Å². The molecule has 0 atom stereocenters. The summed E-state index contributed by atoms with van der Waals surface area (Å²) in [6.07, 6.45) is 3.25. The third-order valence-electron chi connectivity index (χ3n) is 3.35. The Balaban J connectivity index is 1.69. The minimum Gasteiger partial charge on any atom is -0.445 e. The molecule has 0 N–H and O–H groups in total. The van der Waals surface area contributed by atoms with Gasteiger partial charge in [0.15, 0.2) is 0 Å². The number of rotatable bonds is 5. The number of piperidine rings is 1. The zero-order valence-electron chi connectivity index (χ0n) is 11.7. The van der Waals surface area contributed by atoms with E-state index < -0.39 is 0 Å². The maximum absolute atomic E-state index is 11.7. The number of amides is 1. The predicted octanol–water partition coefficient (Wildman–Crippen LogP) is 2.99. The Labute approximate surface area is 120 Å².